The lowest BCUT2D eigenvalue weighted by Crippen LogP contribution is -2.06. The summed E-state index contributed by atoms with van der Waals surface area (Å²) < 4.78 is 6.37. The highest BCUT2D eigenvalue weighted by molar-refractivity contribution is 9.10. The molecule has 0 heterocycles. The van der Waals surface area contributed by atoms with E-state index in [-0.39, 0.29) is 0 Å². The number of hydrogen-bond acceptors (Lipinski definition) is 2. The van der Waals surface area contributed by atoms with E-state index in [2.05, 4.69) is 22.9 Å². The van der Waals surface area contributed by atoms with Gasteiger partial charge in [0.05, 0.1) is 16.6 Å². The van der Waals surface area contributed by atoms with E-state index < -0.39 is 5.97 Å². The third-order valence-electron chi connectivity index (χ3n) is 2.63. The Morgan fingerprint density at radius 3 is 2.65 bits per heavy atom. The molecule has 0 unspecified atom stereocenters. The number of hydrogen-bond donors (Lipinski definition) is 1. The predicted molar refractivity (Wildman–Crippen MR) is 71.0 cm³/mol. The Hall–Kier alpha value is -1.03. The van der Waals surface area contributed by atoms with Gasteiger partial charge in [-0.2, -0.15) is 0 Å². The number of carbonyl (C=O) groups is 1. The first-order chi connectivity index (χ1) is 7.99. The van der Waals surface area contributed by atoms with Crippen LogP contribution >= 0.6 is 15.9 Å². The van der Waals surface area contributed by atoms with Crippen LogP contribution in [0.4, 0.5) is 0 Å². The Labute approximate surface area is 110 Å². The number of carboxylic acid groups (broad SMARTS) is 1. The van der Waals surface area contributed by atoms with Gasteiger partial charge in [0.1, 0.15) is 5.75 Å². The summed E-state index contributed by atoms with van der Waals surface area (Å²) in [6.07, 6.45) is 2.06. The summed E-state index contributed by atoms with van der Waals surface area (Å²) in [4.78, 5) is 11.1. The topological polar surface area (TPSA) is 46.5 Å². The second-order valence-electron chi connectivity index (χ2n) is 4.01. The number of unbranched alkanes of at least 4 members (excludes halogenated alkanes) is 1. The minimum Gasteiger partial charge on any atom is -0.492 e. The maximum Gasteiger partial charge on any atom is 0.336 e. The van der Waals surface area contributed by atoms with Gasteiger partial charge in [-0.15, -0.1) is 0 Å². The lowest BCUT2D eigenvalue weighted by atomic mass is 10.0. The molecule has 0 aliphatic rings. The van der Waals surface area contributed by atoms with Gasteiger partial charge < -0.3 is 9.84 Å². The van der Waals surface area contributed by atoms with Crippen LogP contribution in [0.15, 0.2) is 10.5 Å². The van der Waals surface area contributed by atoms with E-state index in [4.69, 9.17) is 9.84 Å². The van der Waals surface area contributed by atoms with E-state index in [1.165, 1.54) is 0 Å². The van der Waals surface area contributed by atoms with E-state index in [0.717, 1.165) is 28.6 Å². The van der Waals surface area contributed by atoms with Crippen molar-refractivity contribution in [2.75, 3.05) is 6.61 Å². The van der Waals surface area contributed by atoms with Gasteiger partial charge in [0, 0.05) is 0 Å². The summed E-state index contributed by atoms with van der Waals surface area (Å²) >= 11 is 3.40. The molecule has 0 saturated heterocycles. The van der Waals surface area contributed by atoms with Gasteiger partial charge in [-0.3, -0.25) is 0 Å². The van der Waals surface area contributed by atoms with Gasteiger partial charge in [-0.1, -0.05) is 13.3 Å². The van der Waals surface area contributed by atoms with Crippen molar-refractivity contribution in [3.8, 4) is 5.75 Å². The molecule has 94 valence electrons. The van der Waals surface area contributed by atoms with Gasteiger partial charge in [-0.05, 0) is 53.4 Å². The van der Waals surface area contributed by atoms with E-state index in [1.807, 2.05) is 0 Å². The van der Waals surface area contributed by atoms with Crippen LogP contribution in [0.2, 0.25) is 0 Å². The Morgan fingerprint density at radius 2 is 2.12 bits per heavy atom. The SMILES string of the molecule is CCCCOc1cc(C)c(C(=O)O)c(C)c1Br. The van der Waals surface area contributed by atoms with Crippen molar-refractivity contribution in [3.63, 3.8) is 0 Å². The van der Waals surface area contributed by atoms with Crippen molar-refractivity contribution in [1.29, 1.82) is 0 Å². The van der Waals surface area contributed by atoms with Gasteiger partial charge in [-0.25, -0.2) is 4.79 Å². The summed E-state index contributed by atoms with van der Waals surface area (Å²) in [5, 5.41) is 9.11. The molecule has 0 amide bonds. The third-order valence-corrected chi connectivity index (χ3v) is 3.62. The number of ether oxygens (including phenoxy) is 1. The Balaban J connectivity index is 3.07. The molecule has 1 N–H and O–H groups in total. The second kappa shape index (κ2) is 6.05. The van der Waals surface area contributed by atoms with Crippen LogP contribution < -0.4 is 4.74 Å². The van der Waals surface area contributed by atoms with Crippen molar-refractivity contribution < 1.29 is 14.6 Å². The van der Waals surface area contributed by atoms with Gasteiger partial charge in [0.25, 0.3) is 0 Å². The molecule has 0 aliphatic heterocycles. The molecule has 0 saturated carbocycles. The summed E-state index contributed by atoms with van der Waals surface area (Å²) in [5.41, 5.74) is 1.79. The third kappa shape index (κ3) is 3.22. The minimum absolute atomic E-state index is 0.347. The Morgan fingerprint density at radius 1 is 1.47 bits per heavy atom. The summed E-state index contributed by atoms with van der Waals surface area (Å²) in [6.45, 7) is 6.33. The molecule has 1 aromatic carbocycles. The summed E-state index contributed by atoms with van der Waals surface area (Å²) in [6, 6.07) is 1.77. The average Bonchev–Trinajstić information content (AvgIpc) is 2.25. The highest BCUT2D eigenvalue weighted by atomic mass is 79.9. The fraction of sp³-hybridized carbons (Fsp3) is 0.462. The standard InChI is InChI=1S/C13H17BrO3/c1-4-5-6-17-10-7-8(2)11(13(15)16)9(3)12(10)14/h7H,4-6H2,1-3H3,(H,15,16). The van der Waals surface area contributed by atoms with Crippen molar-refractivity contribution in [2.24, 2.45) is 0 Å². The lowest BCUT2D eigenvalue weighted by molar-refractivity contribution is 0.0695. The van der Waals surface area contributed by atoms with Gasteiger partial charge in [0.15, 0.2) is 0 Å². The first-order valence-electron chi connectivity index (χ1n) is 5.64. The summed E-state index contributed by atoms with van der Waals surface area (Å²) in [7, 11) is 0. The zero-order chi connectivity index (χ0) is 13.0. The van der Waals surface area contributed by atoms with E-state index in [9.17, 15) is 4.79 Å². The molecular formula is C13H17BrO3. The number of aromatic carboxylic acids is 1. The van der Waals surface area contributed by atoms with Crippen LogP contribution in [0.3, 0.4) is 0 Å². The van der Waals surface area contributed by atoms with Crippen molar-refractivity contribution in [1.82, 2.24) is 0 Å². The zero-order valence-electron chi connectivity index (χ0n) is 10.3. The molecule has 0 atom stereocenters. The van der Waals surface area contributed by atoms with Gasteiger partial charge in [0.2, 0.25) is 0 Å². The van der Waals surface area contributed by atoms with E-state index >= 15 is 0 Å². The maximum absolute atomic E-state index is 11.1. The van der Waals surface area contributed by atoms with Crippen LogP contribution in [0.5, 0.6) is 5.75 Å². The highest BCUT2D eigenvalue weighted by Crippen LogP contribution is 2.33. The Bertz CT molecular complexity index is 427. The molecule has 0 aliphatic carbocycles. The van der Waals surface area contributed by atoms with Crippen LogP contribution in [-0.4, -0.2) is 17.7 Å². The number of halogens is 1. The van der Waals surface area contributed by atoms with Crippen LogP contribution in [0, 0.1) is 13.8 Å². The molecule has 1 aromatic rings. The molecule has 17 heavy (non-hydrogen) atoms. The average molecular weight is 301 g/mol. The smallest absolute Gasteiger partial charge is 0.336 e. The summed E-state index contributed by atoms with van der Waals surface area (Å²) in [5.74, 6) is -0.181. The van der Waals surface area contributed by atoms with Crippen molar-refractivity contribution in [3.05, 3.63) is 27.2 Å². The predicted octanol–water partition coefficient (Wildman–Crippen LogP) is 3.94. The molecule has 0 aromatic heterocycles. The number of benzene rings is 1. The monoisotopic (exact) mass is 300 g/mol. The van der Waals surface area contributed by atoms with Crippen LogP contribution in [-0.2, 0) is 0 Å². The normalized spacial score (nSPS) is 10.4. The number of carboxylic acids is 1. The molecule has 0 spiro atoms. The molecule has 3 nitrogen and oxygen atoms in total. The Kier molecular flexibility index (Phi) is 5.00. The number of rotatable bonds is 5. The van der Waals surface area contributed by atoms with E-state index in [1.54, 1.807) is 19.9 Å². The maximum atomic E-state index is 11.1. The molecular weight excluding hydrogens is 284 g/mol. The first-order valence-corrected chi connectivity index (χ1v) is 6.44. The molecule has 0 radical (unpaired) electrons. The fourth-order valence-electron chi connectivity index (χ4n) is 1.68. The second-order valence-corrected chi connectivity index (χ2v) is 4.81. The first kappa shape index (κ1) is 14.0. The fourth-order valence-corrected chi connectivity index (χ4v) is 2.11. The van der Waals surface area contributed by atoms with Crippen molar-refractivity contribution in [2.45, 2.75) is 33.6 Å². The van der Waals surface area contributed by atoms with Gasteiger partial charge >= 0.3 is 5.97 Å². The minimum atomic E-state index is -0.902. The number of aryl methyl sites for hydroxylation is 1. The molecule has 4 heteroatoms. The largest absolute Gasteiger partial charge is 0.492 e. The zero-order valence-corrected chi connectivity index (χ0v) is 11.9. The van der Waals surface area contributed by atoms with E-state index in [0.29, 0.717) is 17.7 Å². The molecule has 0 bridgehead atoms. The lowest BCUT2D eigenvalue weighted by Gasteiger charge is -2.13. The van der Waals surface area contributed by atoms with Crippen LogP contribution in [0.25, 0.3) is 0 Å². The van der Waals surface area contributed by atoms with Crippen molar-refractivity contribution >= 4 is 21.9 Å². The quantitative estimate of drug-likeness (QED) is 0.838. The molecule has 0 fully saturated rings. The van der Waals surface area contributed by atoms with Crippen LogP contribution in [0.1, 0.15) is 41.3 Å². The highest BCUT2D eigenvalue weighted by Gasteiger charge is 2.17. The molecule has 1 rings (SSSR count).